The van der Waals surface area contributed by atoms with Crippen LogP contribution in [0.15, 0.2) is 48.5 Å². The van der Waals surface area contributed by atoms with Crippen LogP contribution in [0.3, 0.4) is 0 Å². The summed E-state index contributed by atoms with van der Waals surface area (Å²) in [5.74, 6) is -0.142. The van der Waals surface area contributed by atoms with Crippen molar-refractivity contribution in [1.82, 2.24) is 10.2 Å². The van der Waals surface area contributed by atoms with Crippen molar-refractivity contribution in [3.05, 3.63) is 70.2 Å². The summed E-state index contributed by atoms with van der Waals surface area (Å²) in [5.41, 5.74) is 2.84. The first-order valence-corrected chi connectivity index (χ1v) is 10.3. The van der Waals surface area contributed by atoms with E-state index >= 15 is 0 Å². The number of rotatable bonds is 4. The van der Waals surface area contributed by atoms with Crippen molar-refractivity contribution < 1.29 is 9.59 Å². The van der Waals surface area contributed by atoms with E-state index in [1.165, 1.54) is 0 Å². The second-order valence-corrected chi connectivity index (χ2v) is 9.61. The summed E-state index contributed by atoms with van der Waals surface area (Å²) in [7, 11) is 0. The molecule has 2 aromatic rings. The lowest BCUT2D eigenvalue weighted by Gasteiger charge is -2.29. The number of amides is 2. The van der Waals surface area contributed by atoms with Gasteiger partial charge >= 0.3 is 0 Å². The van der Waals surface area contributed by atoms with Gasteiger partial charge in [0.2, 0.25) is 5.91 Å². The molecule has 2 amide bonds. The number of nitrogens with zero attached hydrogens (tertiary/aromatic N) is 1. The number of nitrogens with one attached hydrogen (secondary N) is 1. The number of hydrogen-bond acceptors (Lipinski definition) is 3. The van der Waals surface area contributed by atoms with Crippen molar-refractivity contribution in [3.63, 3.8) is 0 Å². The van der Waals surface area contributed by atoms with Gasteiger partial charge in [0.1, 0.15) is 11.4 Å². The van der Waals surface area contributed by atoms with Gasteiger partial charge in [-0.05, 0) is 49.6 Å². The predicted octanol–water partition coefficient (Wildman–Crippen LogP) is 4.05. The van der Waals surface area contributed by atoms with E-state index in [0.717, 1.165) is 17.5 Å². The van der Waals surface area contributed by atoms with Crippen molar-refractivity contribution in [1.29, 1.82) is 0 Å². The highest BCUT2D eigenvalue weighted by molar-refractivity contribution is 8.01. The third-order valence-electron chi connectivity index (χ3n) is 5.17. The molecule has 0 unspecified atom stereocenters. The molecule has 1 fully saturated rings. The number of fused-ring (bicyclic) bond motifs is 3. The van der Waals surface area contributed by atoms with Gasteiger partial charge in [0.05, 0.1) is 0 Å². The maximum absolute atomic E-state index is 13.0. The van der Waals surface area contributed by atoms with Crippen molar-refractivity contribution in [3.8, 4) is 0 Å². The maximum Gasteiger partial charge on any atom is 0.256 e. The third-order valence-corrected chi connectivity index (χ3v) is 6.96. The van der Waals surface area contributed by atoms with E-state index in [1.54, 1.807) is 16.7 Å². The molecule has 0 aromatic heterocycles. The lowest BCUT2D eigenvalue weighted by molar-refractivity contribution is -0.126. The number of thioether (sulfide) groups is 1. The second kappa shape index (κ2) is 6.88. The zero-order valence-corrected chi connectivity index (χ0v) is 16.8. The Bertz CT molecular complexity index is 897. The van der Waals surface area contributed by atoms with Crippen LogP contribution in [-0.4, -0.2) is 34.0 Å². The first kappa shape index (κ1) is 18.4. The molecule has 2 aromatic carbocycles. The van der Waals surface area contributed by atoms with Crippen LogP contribution in [0.2, 0.25) is 5.02 Å². The molecular formula is C21H21ClN2O2S. The zero-order valence-electron chi connectivity index (χ0n) is 15.2. The van der Waals surface area contributed by atoms with E-state index in [1.807, 2.05) is 62.4 Å². The highest BCUT2D eigenvalue weighted by atomic mass is 35.5. The summed E-state index contributed by atoms with van der Waals surface area (Å²) in [6, 6.07) is 14.8. The van der Waals surface area contributed by atoms with Gasteiger partial charge in [0.25, 0.3) is 5.91 Å². The first-order valence-electron chi connectivity index (χ1n) is 9.00. The number of hydrogen-bond donors (Lipinski definition) is 1. The molecular weight excluding hydrogens is 380 g/mol. The fraction of sp³-hybridized carbons (Fsp3) is 0.333. The van der Waals surface area contributed by atoms with Crippen molar-refractivity contribution in [2.24, 2.45) is 0 Å². The molecule has 4 rings (SSSR count). The zero-order chi connectivity index (χ0) is 19.2. The molecule has 1 N–H and O–H groups in total. The monoisotopic (exact) mass is 400 g/mol. The highest BCUT2D eigenvalue weighted by Crippen LogP contribution is 2.56. The Kier molecular flexibility index (Phi) is 4.68. The highest BCUT2D eigenvalue weighted by Gasteiger charge is 2.57. The van der Waals surface area contributed by atoms with Crippen LogP contribution in [0.4, 0.5) is 0 Å². The van der Waals surface area contributed by atoms with Gasteiger partial charge in [-0.1, -0.05) is 41.9 Å². The molecule has 27 heavy (non-hydrogen) atoms. The fourth-order valence-electron chi connectivity index (χ4n) is 3.88. The standard InChI is InChI=1S/C21H21ClN2O2S/c1-21(2)17(18(25)23-12-11-13-7-9-14(22)10-8-13)24-19(26)15-5-3-4-6-16(15)20(24)27-21/h3-10,17,20H,11-12H2,1-2H3,(H,23,25)/t17-,20+/m1/s1. The number of halogens is 1. The largest absolute Gasteiger partial charge is 0.354 e. The van der Waals surface area contributed by atoms with Crippen LogP contribution in [0.25, 0.3) is 0 Å². The van der Waals surface area contributed by atoms with E-state index in [9.17, 15) is 9.59 Å². The number of carbonyl (C=O) groups is 2. The van der Waals surface area contributed by atoms with Gasteiger partial charge in [0, 0.05) is 21.9 Å². The van der Waals surface area contributed by atoms with Gasteiger partial charge < -0.3 is 10.2 Å². The van der Waals surface area contributed by atoms with Crippen LogP contribution < -0.4 is 5.32 Å². The number of carbonyl (C=O) groups excluding carboxylic acids is 2. The lowest BCUT2D eigenvalue weighted by Crippen LogP contribution is -2.52. The molecule has 6 heteroatoms. The smallest absolute Gasteiger partial charge is 0.256 e. The van der Waals surface area contributed by atoms with Gasteiger partial charge in [-0.25, -0.2) is 0 Å². The van der Waals surface area contributed by atoms with Gasteiger partial charge in [-0.15, -0.1) is 11.8 Å². The van der Waals surface area contributed by atoms with Gasteiger partial charge in [-0.2, -0.15) is 0 Å². The summed E-state index contributed by atoms with van der Waals surface area (Å²) in [6.45, 7) is 4.60. The van der Waals surface area contributed by atoms with E-state index in [0.29, 0.717) is 17.1 Å². The topological polar surface area (TPSA) is 49.4 Å². The van der Waals surface area contributed by atoms with Crippen LogP contribution >= 0.6 is 23.4 Å². The SMILES string of the molecule is CC1(C)S[C@H]2c3ccccc3C(=O)N2[C@@H]1C(=O)NCCc1ccc(Cl)cc1. The predicted molar refractivity (Wildman–Crippen MR) is 109 cm³/mol. The maximum atomic E-state index is 13.0. The summed E-state index contributed by atoms with van der Waals surface area (Å²) in [5, 5.41) is 3.64. The molecule has 0 radical (unpaired) electrons. The minimum Gasteiger partial charge on any atom is -0.354 e. The molecule has 2 aliphatic rings. The van der Waals surface area contributed by atoms with Crippen LogP contribution in [0, 0.1) is 0 Å². The molecule has 4 nitrogen and oxygen atoms in total. The van der Waals surface area contributed by atoms with E-state index in [-0.39, 0.29) is 21.9 Å². The first-order chi connectivity index (χ1) is 12.9. The molecule has 140 valence electrons. The van der Waals surface area contributed by atoms with Crippen LogP contribution in [0.5, 0.6) is 0 Å². The average molecular weight is 401 g/mol. The third kappa shape index (κ3) is 3.23. The van der Waals surface area contributed by atoms with E-state index < -0.39 is 6.04 Å². The Morgan fingerprint density at radius 3 is 2.63 bits per heavy atom. The molecule has 0 spiro atoms. The molecule has 2 atom stereocenters. The van der Waals surface area contributed by atoms with E-state index in [4.69, 9.17) is 11.6 Å². The summed E-state index contributed by atoms with van der Waals surface area (Å²) in [4.78, 5) is 27.7. The minimum absolute atomic E-state index is 0.0495. The molecule has 1 saturated heterocycles. The minimum atomic E-state index is -0.488. The Balaban J connectivity index is 1.48. The molecule has 0 saturated carbocycles. The Hall–Kier alpha value is -1.98. The summed E-state index contributed by atoms with van der Waals surface area (Å²) >= 11 is 7.59. The summed E-state index contributed by atoms with van der Waals surface area (Å²) < 4.78 is -0.349. The van der Waals surface area contributed by atoms with Crippen LogP contribution in [0.1, 0.15) is 40.7 Å². The number of benzene rings is 2. The fourth-order valence-corrected chi connectivity index (χ4v) is 5.60. The van der Waals surface area contributed by atoms with Gasteiger partial charge in [0.15, 0.2) is 0 Å². The van der Waals surface area contributed by atoms with Crippen molar-refractivity contribution >= 4 is 35.2 Å². The lowest BCUT2D eigenvalue weighted by atomic mass is 10.0. The van der Waals surface area contributed by atoms with Crippen LogP contribution in [-0.2, 0) is 11.2 Å². The molecule has 2 aliphatic heterocycles. The molecule has 2 heterocycles. The van der Waals surface area contributed by atoms with E-state index in [2.05, 4.69) is 5.32 Å². The van der Waals surface area contributed by atoms with Gasteiger partial charge in [-0.3, -0.25) is 9.59 Å². The second-order valence-electron chi connectivity index (χ2n) is 7.44. The molecule has 0 aliphatic carbocycles. The molecule has 0 bridgehead atoms. The quantitative estimate of drug-likeness (QED) is 0.842. The average Bonchev–Trinajstić information content (AvgIpc) is 3.07. The Morgan fingerprint density at radius 2 is 1.89 bits per heavy atom. The normalized spacial score (nSPS) is 22.5. The summed E-state index contributed by atoms with van der Waals surface area (Å²) in [6.07, 6.45) is 0.723. The Morgan fingerprint density at radius 1 is 1.19 bits per heavy atom. The Labute approximate surface area is 168 Å². The van der Waals surface area contributed by atoms with Crippen molar-refractivity contribution in [2.45, 2.75) is 36.4 Å². The van der Waals surface area contributed by atoms with Crippen molar-refractivity contribution in [2.75, 3.05) is 6.54 Å².